The minimum Gasteiger partial charge on any atom is -0.349 e. The lowest BCUT2D eigenvalue weighted by atomic mass is 10.1. The van der Waals surface area contributed by atoms with E-state index in [1.165, 1.54) is 26.4 Å². The molecule has 0 aliphatic carbocycles. The lowest BCUT2D eigenvalue weighted by Gasteiger charge is -2.08. The molecule has 0 amide bonds. The van der Waals surface area contributed by atoms with Gasteiger partial charge >= 0.3 is 0 Å². The van der Waals surface area contributed by atoms with Crippen LogP contribution in [0.3, 0.4) is 0 Å². The third-order valence-corrected chi connectivity index (χ3v) is 4.63. The molecular weight excluding hydrogens is 276 g/mol. The monoisotopic (exact) mass is 296 g/mol. The molecule has 108 valence electrons. The summed E-state index contributed by atoms with van der Waals surface area (Å²) in [6.07, 6.45) is 1.97. The SMILES string of the molecule is CCC(N)Cc1ccc(Sc2cc3ccccc3[nH]2)cc1. The van der Waals surface area contributed by atoms with Crippen molar-refractivity contribution < 1.29 is 0 Å². The van der Waals surface area contributed by atoms with E-state index in [0.717, 1.165) is 12.8 Å². The van der Waals surface area contributed by atoms with Gasteiger partial charge in [-0.25, -0.2) is 0 Å². The maximum Gasteiger partial charge on any atom is 0.0780 e. The van der Waals surface area contributed by atoms with Crippen LogP contribution in [0.4, 0.5) is 0 Å². The molecule has 21 heavy (non-hydrogen) atoms. The zero-order chi connectivity index (χ0) is 14.7. The van der Waals surface area contributed by atoms with Crippen LogP contribution in [-0.2, 0) is 6.42 Å². The number of aromatic amines is 1. The Morgan fingerprint density at radius 3 is 2.57 bits per heavy atom. The van der Waals surface area contributed by atoms with Crippen LogP contribution in [0.15, 0.2) is 64.5 Å². The van der Waals surface area contributed by atoms with Gasteiger partial charge in [-0.05, 0) is 42.7 Å². The highest BCUT2D eigenvalue weighted by Crippen LogP contribution is 2.29. The van der Waals surface area contributed by atoms with Crippen LogP contribution in [0.5, 0.6) is 0 Å². The zero-order valence-corrected chi connectivity index (χ0v) is 13.0. The molecule has 0 aliphatic heterocycles. The highest BCUT2D eigenvalue weighted by molar-refractivity contribution is 7.99. The number of H-pyrrole nitrogens is 1. The number of para-hydroxylation sites is 1. The Morgan fingerprint density at radius 1 is 1.10 bits per heavy atom. The Hall–Kier alpha value is -1.71. The van der Waals surface area contributed by atoms with Gasteiger partial charge in [0.15, 0.2) is 0 Å². The number of aromatic nitrogens is 1. The van der Waals surface area contributed by atoms with Crippen LogP contribution in [0, 0.1) is 0 Å². The van der Waals surface area contributed by atoms with Crippen LogP contribution in [0.25, 0.3) is 10.9 Å². The average Bonchev–Trinajstić information content (AvgIpc) is 2.91. The Bertz CT molecular complexity index is 682. The summed E-state index contributed by atoms with van der Waals surface area (Å²) in [6.45, 7) is 2.13. The third-order valence-electron chi connectivity index (χ3n) is 3.68. The molecule has 3 aromatic rings. The molecule has 0 aliphatic rings. The van der Waals surface area contributed by atoms with E-state index in [-0.39, 0.29) is 6.04 Å². The van der Waals surface area contributed by atoms with Crippen LogP contribution in [-0.4, -0.2) is 11.0 Å². The van der Waals surface area contributed by atoms with E-state index in [1.54, 1.807) is 11.8 Å². The molecule has 0 fully saturated rings. The van der Waals surface area contributed by atoms with Gasteiger partial charge in [0.2, 0.25) is 0 Å². The molecule has 1 atom stereocenters. The normalized spacial score (nSPS) is 12.7. The lowest BCUT2D eigenvalue weighted by Crippen LogP contribution is -2.21. The maximum absolute atomic E-state index is 6.00. The first-order valence-electron chi connectivity index (χ1n) is 7.34. The molecule has 2 nitrogen and oxygen atoms in total. The molecule has 0 saturated carbocycles. The van der Waals surface area contributed by atoms with Crippen molar-refractivity contribution in [3.05, 3.63) is 60.2 Å². The lowest BCUT2D eigenvalue weighted by molar-refractivity contribution is 0.646. The fourth-order valence-corrected chi connectivity index (χ4v) is 3.24. The van der Waals surface area contributed by atoms with Crippen molar-refractivity contribution in [2.45, 2.75) is 35.7 Å². The van der Waals surface area contributed by atoms with Crippen molar-refractivity contribution in [3.8, 4) is 0 Å². The van der Waals surface area contributed by atoms with Gasteiger partial charge in [-0.3, -0.25) is 0 Å². The quantitative estimate of drug-likeness (QED) is 0.722. The summed E-state index contributed by atoms with van der Waals surface area (Å²) >= 11 is 1.76. The van der Waals surface area contributed by atoms with Crippen molar-refractivity contribution in [1.29, 1.82) is 0 Å². The zero-order valence-electron chi connectivity index (χ0n) is 12.2. The topological polar surface area (TPSA) is 41.8 Å². The van der Waals surface area contributed by atoms with Gasteiger partial charge in [0.1, 0.15) is 0 Å². The van der Waals surface area contributed by atoms with Gasteiger partial charge < -0.3 is 10.7 Å². The second kappa shape index (κ2) is 6.37. The number of nitrogens with one attached hydrogen (secondary N) is 1. The van der Waals surface area contributed by atoms with E-state index in [4.69, 9.17) is 5.73 Å². The largest absolute Gasteiger partial charge is 0.349 e. The van der Waals surface area contributed by atoms with Crippen LogP contribution in [0.1, 0.15) is 18.9 Å². The Labute approximate surface area is 129 Å². The Morgan fingerprint density at radius 2 is 1.86 bits per heavy atom. The summed E-state index contributed by atoms with van der Waals surface area (Å²) in [5.74, 6) is 0. The number of fused-ring (bicyclic) bond motifs is 1. The number of hydrogen-bond acceptors (Lipinski definition) is 2. The molecule has 3 rings (SSSR count). The summed E-state index contributed by atoms with van der Waals surface area (Å²) in [7, 11) is 0. The summed E-state index contributed by atoms with van der Waals surface area (Å²) in [5.41, 5.74) is 8.50. The fourth-order valence-electron chi connectivity index (χ4n) is 2.37. The molecule has 1 heterocycles. The Kier molecular flexibility index (Phi) is 4.32. The first kappa shape index (κ1) is 14.2. The molecular formula is C18H20N2S. The summed E-state index contributed by atoms with van der Waals surface area (Å²) < 4.78 is 0. The number of hydrogen-bond donors (Lipinski definition) is 2. The second-order valence-electron chi connectivity index (χ2n) is 5.34. The van der Waals surface area contributed by atoms with Gasteiger partial charge in [0, 0.05) is 21.8 Å². The van der Waals surface area contributed by atoms with E-state index >= 15 is 0 Å². The molecule has 0 bridgehead atoms. The van der Waals surface area contributed by atoms with Crippen molar-refractivity contribution in [2.75, 3.05) is 0 Å². The van der Waals surface area contributed by atoms with Crippen molar-refractivity contribution in [1.82, 2.24) is 4.98 Å². The molecule has 0 radical (unpaired) electrons. The van der Waals surface area contributed by atoms with Gasteiger partial charge in [-0.1, -0.05) is 49.0 Å². The Balaban J connectivity index is 1.72. The first-order chi connectivity index (χ1) is 10.2. The van der Waals surface area contributed by atoms with Gasteiger partial charge in [-0.15, -0.1) is 0 Å². The number of benzene rings is 2. The minimum atomic E-state index is 0.261. The smallest absolute Gasteiger partial charge is 0.0780 e. The van der Waals surface area contributed by atoms with Crippen LogP contribution >= 0.6 is 11.8 Å². The molecule has 2 aromatic carbocycles. The minimum absolute atomic E-state index is 0.261. The van der Waals surface area contributed by atoms with Gasteiger partial charge in [0.25, 0.3) is 0 Å². The molecule has 3 heteroatoms. The predicted octanol–water partition coefficient (Wildman–Crippen LogP) is 4.60. The highest BCUT2D eigenvalue weighted by Gasteiger charge is 2.04. The summed E-state index contributed by atoms with van der Waals surface area (Å²) in [6, 6.07) is 19.5. The summed E-state index contributed by atoms with van der Waals surface area (Å²) in [4.78, 5) is 4.69. The van der Waals surface area contributed by atoms with Crippen LogP contribution < -0.4 is 5.73 Å². The van der Waals surface area contributed by atoms with Gasteiger partial charge in [-0.2, -0.15) is 0 Å². The molecule has 1 aromatic heterocycles. The van der Waals surface area contributed by atoms with Gasteiger partial charge in [0.05, 0.1) is 5.03 Å². The van der Waals surface area contributed by atoms with Crippen molar-refractivity contribution in [3.63, 3.8) is 0 Å². The van der Waals surface area contributed by atoms with E-state index in [2.05, 4.69) is 66.5 Å². The van der Waals surface area contributed by atoms with E-state index in [9.17, 15) is 0 Å². The second-order valence-corrected chi connectivity index (χ2v) is 6.45. The fraction of sp³-hybridized carbons (Fsp3) is 0.222. The first-order valence-corrected chi connectivity index (χ1v) is 8.16. The average molecular weight is 296 g/mol. The maximum atomic E-state index is 6.00. The van der Waals surface area contributed by atoms with E-state index < -0.39 is 0 Å². The van der Waals surface area contributed by atoms with E-state index in [1.807, 2.05) is 0 Å². The number of nitrogens with two attached hydrogens (primary N) is 1. The van der Waals surface area contributed by atoms with Crippen molar-refractivity contribution >= 4 is 22.7 Å². The third kappa shape index (κ3) is 3.49. The molecule has 1 unspecified atom stereocenters. The van der Waals surface area contributed by atoms with Crippen molar-refractivity contribution in [2.24, 2.45) is 5.73 Å². The predicted molar refractivity (Wildman–Crippen MR) is 90.8 cm³/mol. The molecule has 0 saturated heterocycles. The summed E-state index contributed by atoms with van der Waals surface area (Å²) in [5, 5.41) is 2.43. The molecule has 3 N–H and O–H groups in total. The highest BCUT2D eigenvalue weighted by atomic mass is 32.2. The standard InChI is InChI=1S/C18H20N2S/c1-2-15(19)11-13-7-9-16(10-8-13)21-18-12-14-5-3-4-6-17(14)20-18/h3-10,12,15,20H,2,11,19H2,1H3. The van der Waals surface area contributed by atoms with E-state index in [0.29, 0.717) is 0 Å². The number of rotatable bonds is 5. The molecule has 0 spiro atoms. The van der Waals surface area contributed by atoms with Crippen LogP contribution in [0.2, 0.25) is 0 Å².